The van der Waals surface area contributed by atoms with Crippen molar-refractivity contribution >= 4 is 13.6 Å². The average molecular weight is 294 g/mol. The number of hydrogen-bond acceptors (Lipinski definition) is 3. The molecule has 0 aromatic rings. The third kappa shape index (κ3) is 4.90. The van der Waals surface area contributed by atoms with E-state index in [0.717, 1.165) is 0 Å². The van der Waals surface area contributed by atoms with Gasteiger partial charge in [-0.2, -0.15) is 0 Å². The molecule has 2 N–H and O–H groups in total. The summed E-state index contributed by atoms with van der Waals surface area (Å²) in [6.07, 6.45) is 1.01. The lowest BCUT2D eigenvalue weighted by Gasteiger charge is -2.38. The molecule has 0 fully saturated rings. The fraction of sp³-hybridized carbons (Fsp3) is 0.923. The molecule has 0 aromatic heterocycles. The summed E-state index contributed by atoms with van der Waals surface area (Å²) in [5.41, 5.74) is -0.662. The summed E-state index contributed by atoms with van der Waals surface area (Å²) in [5.74, 6) is -0.649. The van der Waals surface area contributed by atoms with Crippen molar-refractivity contribution in [2.45, 2.75) is 47.5 Å². The molecule has 0 radical (unpaired) electrons. The standard InChI is InChI=1S/C13H27O5P/c1-6-13(7-2,12(14)18-8-3)11(5)10(4)9-19(15,16)17/h10-11H,6-9H2,1-5H3,(H2,15,16,17). The molecular weight excluding hydrogens is 267 g/mol. The second-order valence-corrected chi connectivity index (χ2v) is 6.89. The molecular formula is C13H27O5P. The Bertz CT molecular complexity index is 332. The SMILES string of the molecule is CCOC(=O)C(CC)(CC)C(C)C(C)CP(=O)(O)O. The van der Waals surface area contributed by atoms with Gasteiger partial charge in [-0.25, -0.2) is 0 Å². The van der Waals surface area contributed by atoms with E-state index in [2.05, 4.69) is 0 Å². The Morgan fingerprint density at radius 1 is 1.21 bits per heavy atom. The van der Waals surface area contributed by atoms with Gasteiger partial charge in [0.15, 0.2) is 0 Å². The van der Waals surface area contributed by atoms with Crippen LogP contribution < -0.4 is 0 Å². The van der Waals surface area contributed by atoms with Gasteiger partial charge in [0.2, 0.25) is 0 Å². The molecule has 19 heavy (non-hydrogen) atoms. The van der Waals surface area contributed by atoms with E-state index in [1.54, 1.807) is 13.8 Å². The summed E-state index contributed by atoms with van der Waals surface area (Å²) in [4.78, 5) is 30.4. The second-order valence-electron chi connectivity index (χ2n) is 5.20. The maximum atomic E-state index is 12.2. The van der Waals surface area contributed by atoms with Gasteiger partial charge in [-0.3, -0.25) is 9.36 Å². The molecule has 0 spiro atoms. The van der Waals surface area contributed by atoms with Crippen LogP contribution in [0.4, 0.5) is 0 Å². The van der Waals surface area contributed by atoms with Crippen LogP contribution in [0, 0.1) is 17.3 Å². The van der Waals surface area contributed by atoms with Crippen LogP contribution in [0.15, 0.2) is 0 Å². The van der Waals surface area contributed by atoms with Gasteiger partial charge < -0.3 is 14.5 Å². The van der Waals surface area contributed by atoms with E-state index in [4.69, 9.17) is 14.5 Å². The van der Waals surface area contributed by atoms with Crippen LogP contribution in [0.25, 0.3) is 0 Å². The fourth-order valence-corrected chi connectivity index (χ4v) is 3.79. The van der Waals surface area contributed by atoms with Crippen molar-refractivity contribution < 1.29 is 23.9 Å². The van der Waals surface area contributed by atoms with Crippen molar-refractivity contribution in [2.75, 3.05) is 12.8 Å². The third-order valence-corrected chi connectivity index (χ3v) is 5.25. The van der Waals surface area contributed by atoms with Gasteiger partial charge in [0.1, 0.15) is 0 Å². The number of hydrogen-bond donors (Lipinski definition) is 2. The van der Waals surface area contributed by atoms with Gasteiger partial charge >= 0.3 is 13.6 Å². The van der Waals surface area contributed by atoms with E-state index < -0.39 is 13.0 Å². The number of carbonyl (C=O) groups is 1. The zero-order valence-electron chi connectivity index (χ0n) is 12.5. The molecule has 114 valence electrons. The van der Waals surface area contributed by atoms with Crippen molar-refractivity contribution in [3.05, 3.63) is 0 Å². The van der Waals surface area contributed by atoms with Crippen molar-refractivity contribution in [3.8, 4) is 0 Å². The first-order valence-corrected chi connectivity index (χ1v) is 8.66. The Kier molecular flexibility index (Phi) is 7.27. The maximum absolute atomic E-state index is 12.2. The van der Waals surface area contributed by atoms with Crippen LogP contribution in [0.1, 0.15) is 47.5 Å². The van der Waals surface area contributed by atoms with Gasteiger partial charge in [-0.05, 0) is 31.6 Å². The summed E-state index contributed by atoms with van der Waals surface area (Å²) >= 11 is 0. The van der Waals surface area contributed by atoms with Crippen molar-refractivity contribution in [3.63, 3.8) is 0 Å². The number of esters is 1. The molecule has 0 saturated carbocycles. The van der Waals surface area contributed by atoms with E-state index in [-0.39, 0.29) is 24.0 Å². The first-order valence-electron chi connectivity index (χ1n) is 6.86. The minimum absolute atomic E-state index is 0.144. The molecule has 6 heteroatoms. The van der Waals surface area contributed by atoms with Crippen LogP contribution in [-0.2, 0) is 14.1 Å². The van der Waals surface area contributed by atoms with Gasteiger partial charge in [0, 0.05) is 0 Å². The molecule has 0 amide bonds. The first-order chi connectivity index (χ1) is 8.64. The smallest absolute Gasteiger partial charge is 0.325 e. The number of ether oxygens (including phenoxy) is 1. The molecule has 0 aromatic carbocycles. The first kappa shape index (κ1) is 18.6. The highest BCUT2D eigenvalue weighted by Gasteiger charge is 2.44. The molecule has 0 aliphatic rings. The third-order valence-electron chi connectivity index (χ3n) is 4.19. The lowest BCUT2D eigenvalue weighted by molar-refractivity contribution is -0.160. The fourth-order valence-electron chi connectivity index (χ4n) is 2.72. The Morgan fingerprint density at radius 3 is 2.00 bits per heavy atom. The zero-order valence-corrected chi connectivity index (χ0v) is 13.4. The summed E-state index contributed by atoms with van der Waals surface area (Å²) in [5, 5.41) is 0. The Labute approximate surface area is 115 Å². The highest BCUT2D eigenvalue weighted by molar-refractivity contribution is 7.51. The Balaban J connectivity index is 5.17. The van der Waals surface area contributed by atoms with Gasteiger partial charge in [0.05, 0.1) is 18.2 Å². The predicted molar refractivity (Wildman–Crippen MR) is 74.9 cm³/mol. The molecule has 0 aliphatic heterocycles. The van der Waals surface area contributed by atoms with Gasteiger partial charge in [-0.1, -0.05) is 27.7 Å². The highest BCUT2D eigenvalue weighted by atomic mass is 31.2. The van der Waals surface area contributed by atoms with Crippen LogP contribution >= 0.6 is 7.60 Å². The summed E-state index contributed by atoms with van der Waals surface area (Å²) in [7, 11) is -4.06. The molecule has 2 unspecified atom stereocenters. The molecule has 0 heterocycles. The largest absolute Gasteiger partial charge is 0.466 e. The topological polar surface area (TPSA) is 83.8 Å². The zero-order chi connectivity index (χ0) is 15.3. The van der Waals surface area contributed by atoms with Crippen LogP contribution in [-0.4, -0.2) is 28.5 Å². The molecule has 2 atom stereocenters. The quantitative estimate of drug-likeness (QED) is 0.531. The molecule has 5 nitrogen and oxygen atoms in total. The molecule has 0 bridgehead atoms. The molecule has 0 rings (SSSR count). The van der Waals surface area contributed by atoms with Crippen molar-refractivity contribution in [1.29, 1.82) is 0 Å². The number of rotatable bonds is 8. The van der Waals surface area contributed by atoms with Gasteiger partial charge in [0.25, 0.3) is 0 Å². The van der Waals surface area contributed by atoms with Crippen LogP contribution in [0.2, 0.25) is 0 Å². The van der Waals surface area contributed by atoms with E-state index >= 15 is 0 Å². The minimum atomic E-state index is -4.06. The van der Waals surface area contributed by atoms with E-state index in [9.17, 15) is 9.36 Å². The molecule has 0 aliphatic carbocycles. The maximum Gasteiger partial charge on any atom is 0.325 e. The minimum Gasteiger partial charge on any atom is -0.466 e. The summed E-state index contributed by atoms with van der Waals surface area (Å²) in [6.45, 7) is 9.58. The highest BCUT2D eigenvalue weighted by Crippen LogP contribution is 2.46. The molecule has 0 saturated heterocycles. The van der Waals surface area contributed by atoms with Crippen LogP contribution in [0.3, 0.4) is 0 Å². The average Bonchev–Trinajstić information content (AvgIpc) is 2.29. The predicted octanol–water partition coefficient (Wildman–Crippen LogP) is 2.81. The van der Waals surface area contributed by atoms with E-state index in [1.807, 2.05) is 20.8 Å². The normalized spacial score (nSPS) is 15.9. The Hall–Kier alpha value is -0.380. The Morgan fingerprint density at radius 2 is 1.68 bits per heavy atom. The summed E-state index contributed by atoms with van der Waals surface area (Å²) in [6, 6.07) is 0. The van der Waals surface area contributed by atoms with Crippen LogP contribution in [0.5, 0.6) is 0 Å². The van der Waals surface area contributed by atoms with E-state index in [1.165, 1.54) is 0 Å². The monoisotopic (exact) mass is 294 g/mol. The van der Waals surface area contributed by atoms with E-state index in [0.29, 0.717) is 19.4 Å². The van der Waals surface area contributed by atoms with Crippen molar-refractivity contribution in [2.24, 2.45) is 17.3 Å². The lowest BCUT2D eigenvalue weighted by Crippen LogP contribution is -2.41. The van der Waals surface area contributed by atoms with Crippen molar-refractivity contribution in [1.82, 2.24) is 0 Å². The summed E-state index contributed by atoms with van der Waals surface area (Å²) < 4.78 is 16.3. The van der Waals surface area contributed by atoms with Gasteiger partial charge in [-0.15, -0.1) is 0 Å². The number of carbonyl (C=O) groups excluding carboxylic acids is 1. The second kappa shape index (κ2) is 7.41. The lowest BCUT2D eigenvalue weighted by atomic mass is 9.67.